The molecule has 3 aliphatic heterocycles. The third kappa shape index (κ3) is 2.26. The zero-order valence-corrected chi connectivity index (χ0v) is 16.7. The first-order valence-corrected chi connectivity index (χ1v) is 10.3. The average Bonchev–Trinajstić information content (AvgIpc) is 3.47. The highest BCUT2D eigenvalue weighted by molar-refractivity contribution is 6.01. The Hall–Kier alpha value is -3.19. The molecule has 5 heterocycles. The fraction of sp³-hybridized carbons (Fsp3) is 0.348. The van der Waals surface area contributed by atoms with Crippen LogP contribution < -0.4 is 0 Å². The predicted molar refractivity (Wildman–Crippen MR) is 109 cm³/mol. The number of carbonyl (C=O) groups excluding carboxylic acids is 2. The van der Waals surface area contributed by atoms with Crippen LogP contribution in [0.15, 0.2) is 54.9 Å². The van der Waals surface area contributed by atoms with Crippen molar-refractivity contribution in [1.82, 2.24) is 19.2 Å². The van der Waals surface area contributed by atoms with E-state index < -0.39 is 5.72 Å². The van der Waals surface area contributed by atoms with E-state index in [4.69, 9.17) is 4.74 Å². The number of carbonyl (C=O) groups is 2. The summed E-state index contributed by atoms with van der Waals surface area (Å²) in [6.45, 7) is 2.94. The standard InChI is InChI=1S/C23H22N4O3/c1-15-13-25-10-5-8-17(21(25)24-15)22(29)26-11-9-23-19(26)12-20(28)27(23)18(14-30-23)16-6-3-2-4-7-16/h2-8,10,13,18-19H,9,11-12,14H2,1H3/t18-,19+,23-/m0/s1. The second-order valence-electron chi connectivity index (χ2n) is 8.35. The number of benzene rings is 1. The van der Waals surface area contributed by atoms with E-state index in [2.05, 4.69) is 4.98 Å². The average molecular weight is 402 g/mol. The summed E-state index contributed by atoms with van der Waals surface area (Å²) in [6.07, 6.45) is 4.73. The highest BCUT2D eigenvalue weighted by atomic mass is 16.5. The second-order valence-corrected chi connectivity index (χ2v) is 8.35. The monoisotopic (exact) mass is 402 g/mol. The minimum atomic E-state index is -0.719. The maximum atomic E-state index is 13.5. The highest BCUT2D eigenvalue weighted by Gasteiger charge is 2.65. The van der Waals surface area contributed by atoms with Gasteiger partial charge in [0.2, 0.25) is 5.91 Å². The molecule has 7 heteroatoms. The first-order valence-electron chi connectivity index (χ1n) is 10.3. The molecule has 0 N–H and O–H groups in total. The molecule has 0 bridgehead atoms. The lowest BCUT2D eigenvalue weighted by Crippen LogP contribution is -2.49. The van der Waals surface area contributed by atoms with Crippen molar-refractivity contribution in [3.8, 4) is 0 Å². The number of pyridine rings is 1. The van der Waals surface area contributed by atoms with Gasteiger partial charge < -0.3 is 18.9 Å². The summed E-state index contributed by atoms with van der Waals surface area (Å²) >= 11 is 0. The molecule has 0 radical (unpaired) electrons. The summed E-state index contributed by atoms with van der Waals surface area (Å²) in [5, 5.41) is 0. The molecule has 3 aromatic rings. The molecule has 2 amide bonds. The predicted octanol–water partition coefficient (Wildman–Crippen LogP) is 2.56. The van der Waals surface area contributed by atoms with E-state index in [1.54, 1.807) is 0 Å². The molecule has 1 spiro atoms. The van der Waals surface area contributed by atoms with Crippen molar-refractivity contribution in [2.75, 3.05) is 13.2 Å². The van der Waals surface area contributed by atoms with Crippen LogP contribution in [0.25, 0.3) is 5.65 Å². The molecule has 7 nitrogen and oxygen atoms in total. The van der Waals surface area contributed by atoms with Crippen molar-refractivity contribution >= 4 is 17.5 Å². The molecule has 0 aliphatic carbocycles. The Bertz CT molecular complexity index is 1170. The number of rotatable bonds is 2. The third-order valence-electron chi connectivity index (χ3n) is 6.73. The lowest BCUT2D eigenvalue weighted by molar-refractivity contribution is -0.138. The highest BCUT2D eigenvalue weighted by Crippen LogP contribution is 2.51. The van der Waals surface area contributed by atoms with Crippen LogP contribution in [-0.4, -0.2) is 55.9 Å². The van der Waals surface area contributed by atoms with Gasteiger partial charge in [-0.15, -0.1) is 0 Å². The number of fused-ring (bicyclic) bond motifs is 1. The Morgan fingerprint density at radius 3 is 2.87 bits per heavy atom. The quantitative estimate of drug-likeness (QED) is 0.661. The SMILES string of the molecule is Cc1cn2cccc(C(=O)N3CC[C@@]45OC[C@@H](c6ccccc6)N4C(=O)C[C@@H]35)c2n1. The van der Waals surface area contributed by atoms with Crippen molar-refractivity contribution in [3.05, 3.63) is 71.7 Å². The Morgan fingerprint density at radius 2 is 2.03 bits per heavy atom. The van der Waals surface area contributed by atoms with Gasteiger partial charge in [-0.3, -0.25) is 9.59 Å². The lowest BCUT2D eigenvalue weighted by atomic mass is 10.0. The Morgan fingerprint density at radius 1 is 1.20 bits per heavy atom. The topological polar surface area (TPSA) is 67.2 Å². The van der Waals surface area contributed by atoms with Crippen LogP contribution in [0.5, 0.6) is 0 Å². The minimum absolute atomic E-state index is 0.0544. The van der Waals surface area contributed by atoms with Crippen molar-refractivity contribution in [2.45, 2.75) is 37.6 Å². The van der Waals surface area contributed by atoms with E-state index in [0.717, 1.165) is 11.3 Å². The Labute approximate surface area is 173 Å². The van der Waals surface area contributed by atoms with Gasteiger partial charge in [0.05, 0.1) is 36.4 Å². The maximum absolute atomic E-state index is 13.5. The van der Waals surface area contributed by atoms with Crippen LogP contribution in [0.1, 0.15) is 40.5 Å². The molecule has 3 saturated heterocycles. The van der Waals surface area contributed by atoms with Gasteiger partial charge in [0.1, 0.15) is 5.65 Å². The van der Waals surface area contributed by atoms with E-state index in [1.165, 1.54) is 0 Å². The molecule has 3 atom stereocenters. The Balaban J connectivity index is 1.36. The molecule has 30 heavy (non-hydrogen) atoms. The number of aromatic nitrogens is 2. The van der Waals surface area contributed by atoms with Gasteiger partial charge in [-0.05, 0) is 24.6 Å². The van der Waals surface area contributed by atoms with Crippen LogP contribution in [0.4, 0.5) is 0 Å². The second kappa shape index (κ2) is 6.15. The van der Waals surface area contributed by atoms with E-state index >= 15 is 0 Å². The van der Waals surface area contributed by atoms with Crippen LogP contribution in [-0.2, 0) is 9.53 Å². The van der Waals surface area contributed by atoms with Gasteiger partial charge in [0.25, 0.3) is 5.91 Å². The summed E-state index contributed by atoms with van der Waals surface area (Å²) in [4.78, 5) is 34.9. The first kappa shape index (κ1) is 17.7. The fourth-order valence-electron chi connectivity index (χ4n) is 5.47. The summed E-state index contributed by atoms with van der Waals surface area (Å²) < 4.78 is 8.20. The third-order valence-corrected chi connectivity index (χ3v) is 6.73. The van der Waals surface area contributed by atoms with Gasteiger partial charge in [-0.1, -0.05) is 30.3 Å². The number of hydrogen-bond donors (Lipinski definition) is 0. The smallest absolute Gasteiger partial charge is 0.258 e. The molecule has 6 rings (SSSR count). The van der Waals surface area contributed by atoms with Crippen molar-refractivity contribution in [1.29, 1.82) is 0 Å². The van der Waals surface area contributed by atoms with Gasteiger partial charge in [0, 0.05) is 25.4 Å². The summed E-state index contributed by atoms with van der Waals surface area (Å²) in [7, 11) is 0. The number of imidazole rings is 1. The molecule has 0 saturated carbocycles. The van der Waals surface area contributed by atoms with Crippen molar-refractivity contribution in [2.24, 2.45) is 0 Å². The van der Waals surface area contributed by atoms with Gasteiger partial charge in [-0.2, -0.15) is 0 Å². The first-order chi connectivity index (χ1) is 14.6. The zero-order valence-electron chi connectivity index (χ0n) is 16.7. The number of hydrogen-bond acceptors (Lipinski definition) is 4. The Kier molecular flexibility index (Phi) is 3.62. The fourth-order valence-corrected chi connectivity index (χ4v) is 5.47. The molecule has 152 valence electrons. The van der Waals surface area contributed by atoms with Crippen LogP contribution in [0, 0.1) is 6.92 Å². The van der Waals surface area contributed by atoms with Gasteiger partial charge in [-0.25, -0.2) is 4.98 Å². The van der Waals surface area contributed by atoms with E-state index in [9.17, 15) is 9.59 Å². The number of amides is 2. The van der Waals surface area contributed by atoms with Crippen LogP contribution >= 0.6 is 0 Å². The van der Waals surface area contributed by atoms with E-state index in [0.29, 0.717) is 37.2 Å². The molecule has 2 aromatic heterocycles. The largest absolute Gasteiger partial charge is 0.351 e. The summed E-state index contributed by atoms with van der Waals surface area (Å²) in [6, 6.07) is 13.3. The summed E-state index contributed by atoms with van der Waals surface area (Å²) in [5.74, 6) is -0.0341. The molecular weight excluding hydrogens is 380 g/mol. The van der Waals surface area contributed by atoms with Gasteiger partial charge in [0.15, 0.2) is 5.72 Å². The van der Waals surface area contributed by atoms with E-state index in [1.807, 2.05) is 76.0 Å². The molecule has 3 aliphatic rings. The lowest BCUT2D eigenvalue weighted by Gasteiger charge is -2.33. The molecular formula is C23H22N4O3. The van der Waals surface area contributed by atoms with Crippen LogP contribution in [0.2, 0.25) is 0 Å². The maximum Gasteiger partial charge on any atom is 0.258 e. The summed E-state index contributed by atoms with van der Waals surface area (Å²) in [5.41, 5.74) is 2.43. The number of aryl methyl sites for hydroxylation is 1. The molecule has 1 aromatic carbocycles. The zero-order chi connectivity index (χ0) is 20.5. The van der Waals surface area contributed by atoms with Crippen molar-refractivity contribution < 1.29 is 14.3 Å². The van der Waals surface area contributed by atoms with Crippen LogP contribution in [0.3, 0.4) is 0 Å². The molecule has 0 unspecified atom stereocenters. The number of ether oxygens (including phenoxy) is 1. The van der Waals surface area contributed by atoms with E-state index in [-0.39, 0.29) is 23.9 Å². The van der Waals surface area contributed by atoms with Gasteiger partial charge >= 0.3 is 0 Å². The normalized spacial score (nSPS) is 27.7. The minimum Gasteiger partial charge on any atom is -0.351 e. The molecule has 3 fully saturated rings. The number of likely N-dealkylation sites (tertiary alicyclic amines) is 1. The van der Waals surface area contributed by atoms with Crippen molar-refractivity contribution in [3.63, 3.8) is 0 Å². The number of nitrogens with zero attached hydrogens (tertiary/aromatic N) is 4.